The van der Waals surface area contributed by atoms with E-state index in [0.29, 0.717) is 6.54 Å². The molecule has 3 heteroatoms. The molecule has 0 radical (unpaired) electrons. The van der Waals surface area contributed by atoms with Gasteiger partial charge in [0.2, 0.25) is 0 Å². The van der Waals surface area contributed by atoms with Crippen LogP contribution in [0, 0.1) is 5.92 Å². The van der Waals surface area contributed by atoms with E-state index in [-0.39, 0.29) is 6.04 Å². The Hall–Kier alpha value is -1.06. The molecule has 0 heterocycles. The summed E-state index contributed by atoms with van der Waals surface area (Å²) in [5, 5.41) is 0. The fraction of sp³-hybridized carbons (Fsp3) is 0.647. The summed E-state index contributed by atoms with van der Waals surface area (Å²) < 4.78 is 5.50. The largest absolute Gasteiger partial charge is 0.496 e. The number of hydrogen-bond donors (Lipinski definition) is 1. The van der Waals surface area contributed by atoms with Gasteiger partial charge in [0.1, 0.15) is 5.75 Å². The van der Waals surface area contributed by atoms with Crippen molar-refractivity contribution >= 4 is 0 Å². The molecule has 0 fully saturated rings. The Labute approximate surface area is 124 Å². The van der Waals surface area contributed by atoms with Gasteiger partial charge in [-0.05, 0) is 18.5 Å². The maximum Gasteiger partial charge on any atom is 0.123 e. The Bertz CT molecular complexity index is 377. The lowest BCUT2D eigenvalue weighted by Crippen LogP contribution is -2.37. The van der Waals surface area contributed by atoms with E-state index in [0.717, 1.165) is 24.8 Å². The molecule has 1 aromatic rings. The molecule has 0 saturated heterocycles. The molecule has 0 aliphatic rings. The molecule has 0 aliphatic heterocycles. The number of likely N-dealkylation sites (N-methyl/N-ethyl adjacent to an activating group) is 1. The summed E-state index contributed by atoms with van der Waals surface area (Å²) in [5.74, 6) is 1.67. The summed E-state index contributed by atoms with van der Waals surface area (Å²) in [6, 6.07) is 8.45. The highest BCUT2D eigenvalue weighted by atomic mass is 16.5. The fourth-order valence-corrected chi connectivity index (χ4v) is 2.77. The smallest absolute Gasteiger partial charge is 0.123 e. The molecule has 114 valence electrons. The van der Waals surface area contributed by atoms with Crippen molar-refractivity contribution in [3.63, 3.8) is 0 Å². The van der Waals surface area contributed by atoms with Crippen LogP contribution in [0.2, 0.25) is 0 Å². The van der Waals surface area contributed by atoms with Gasteiger partial charge in [-0.3, -0.25) is 4.90 Å². The highest BCUT2D eigenvalue weighted by Gasteiger charge is 2.22. The van der Waals surface area contributed by atoms with Crippen LogP contribution >= 0.6 is 0 Å². The molecule has 2 N–H and O–H groups in total. The number of para-hydroxylation sites is 1. The van der Waals surface area contributed by atoms with Crippen molar-refractivity contribution in [2.75, 3.05) is 26.7 Å². The van der Waals surface area contributed by atoms with Gasteiger partial charge in [-0.25, -0.2) is 0 Å². The Kier molecular flexibility index (Phi) is 7.63. The van der Waals surface area contributed by atoms with Crippen LogP contribution in [0.4, 0.5) is 0 Å². The third kappa shape index (κ3) is 4.22. The van der Waals surface area contributed by atoms with Crippen molar-refractivity contribution in [2.45, 2.75) is 39.7 Å². The zero-order valence-electron chi connectivity index (χ0n) is 13.4. The average molecular weight is 278 g/mol. The normalized spacial score (nSPS) is 12.9. The number of nitrogens with two attached hydrogens (primary N) is 1. The van der Waals surface area contributed by atoms with E-state index in [1.807, 2.05) is 12.1 Å². The Morgan fingerprint density at radius 3 is 2.30 bits per heavy atom. The van der Waals surface area contributed by atoms with Crippen LogP contribution in [-0.2, 0) is 0 Å². The van der Waals surface area contributed by atoms with Crippen LogP contribution in [0.1, 0.15) is 45.2 Å². The second-order valence-electron chi connectivity index (χ2n) is 5.26. The zero-order chi connectivity index (χ0) is 15.0. The number of hydrogen-bond acceptors (Lipinski definition) is 3. The van der Waals surface area contributed by atoms with Crippen molar-refractivity contribution < 1.29 is 4.74 Å². The minimum atomic E-state index is 0.233. The van der Waals surface area contributed by atoms with Crippen molar-refractivity contribution in [1.82, 2.24) is 4.90 Å². The van der Waals surface area contributed by atoms with Gasteiger partial charge in [0.25, 0.3) is 0 Å². The standard InChI is InChI=1S/C17H30N2O/c1-5-14(6-2)13-19(7-3)16(12-18)15-10-8-9-11-17(15)20-4/h8-11,14,16H,5-7,12-13,18H2,1-4H3. The van der Waals surface area contributed by atoms with Gasteiger partial charge in [0, 0.05) is 18.7 Å². The lowest BCUT2D eigenvalue weighted by molar-refractivity contribution is 0.171. The average Bonchev–Trinajstić information content (AvgIpc) is 2.51. The monoisotopic (exact) mass is 278 g/mol. The number of ether oxygens (including phenoxy) is 1. The Morgan fingerprint density at radius 1 is 1.15 bits per heavy atom. The van der Waals surface area contributed by atoms with Crippen LogP contribution in [0.5, 0.6) is 5.75 Å². The number of methoxy groups -OCH3 is 1. The van der Waals surface area contributed by atoms with E-state index < -0.39 is 0 Å². The van der Waals surface area contributed by atoms with Gasteiger partial charge in [0.15, 0.2) is 0 Å². The molecule has 1 rings (SSSR count). The van der Waals surface area contributed by atoms with E-state index in [1.165, 1.54) is 18.4 Å². The summed E-state index contributed by atoms with van der Waals surface area (Å²) in [5.41, 5.74) is 7.27. The van der Waals surface area contributed by atoms with E-state index in [4.69, 9.17) is 10.5 Å². The minimum Gasteiger partial charge on any atom is -0.496 e. The molecular formula is C17H30N2O. The molecule has 0 spiro atoms. The molecule has 0 bridgehead atoms. The van der Waals surface area contributed by atoms with Gasteiger partial charge >= 0.3 is 0 Å². The number of benzene rings is 1. The highest BCUT2D eigenvalue weighted by molar-refractivity contribution is 5.36. The summed E-state index contributed by atoms with van der Waals surface area (Å²) in [4.78, 5) is 2.48. The molecule has 1 aromatic carbocycles. The van der Waals surface area contributed by atoms with Crippen molar-refractivity contribution in [2.24, 2.45) is 11.7 Å². The predicted molar refractivity (Wildman–Crippen MR) is 86.1 cm³/mol. The molecule has 3 nitrogen and oxygen atoms in total. The Balaban J connectivity index is 2.96. The van der Waals surface area contributed by atoms with Crippen LogP contribution in [0.25, 0.3) is 0 Å². The first-order valence-corrected chi connectivity index (χ1v) is 7.78. The summed E-state index contributed by atoms with van der Waals surface area (Å²) in [6.45, 7) is 9.47. The molecule has 1 unspecified atom stereocenters. The molecule has 0 aliphatic carbocycles. The zero-order valence-corrected chi connectivity index (χ0v) is 13.4. The van der Waals surface area contributed by atoms with E-state index >= 15 is 0 Å². The number of rotatable bonds is 9. The highest BCUT2D eigenvalue weighted by Crippen LogP contribution is 2.29. The van der Waals surface area contributed by atoms with Crippen LogP contribution in [-0.4, -0.2) is 31.6 Å². The topological polar surface area (TPSA) is 38.5 Å². The van der Waals surface area contributed by atoms with E-state index in [9.17, 15) is 0 Å². The molecule has 0 saturated carbocycles. The second kappa shape index (κ2) is 8.98. The van der Waals surface area contributed by atoms with Crippen molar-refractivity contribution in [3.8, 4) is 5.75 Å². The first-order chi connectivity index (χ1) is 9.71. The molecule has 0 aromatic heterocycles. The van der Waals surface area contributed by atoms with Gasteiger partial charge in [0.05, 0.1) is 13.2 Å². The van der Waals surface area contributed by atoms with Gasteiger partial charge in [-0.2, -0.15) is 0 Å². The molecule has 1 atom stereocenters. The first-order valence-electron chi connectivity index (χ1n) is 7.78. The second-order valence-corrected chi connectivity index (χ2v) is 5.26. The third-order valence-electron chi connectivity index (χ3n) is 4.22. The predicted octanol–water partition coefficient (Wildman–Crippen LogP) is 3.45. The van der Waals surface area contributed by atoms with Crippen molar-refractivity contribution in [1.29, 1.82) is 0 Å². The SMILES string of the molecule is CCC(CC)CN(CC)C(CN)c1ccccc1OC. The first kappa shape index (κ1) is 17.0. The summed E-state index contributed by atoms with van der Waals surface area (Å²) in [7, 11) is 1.73. The van der Waals surface area contributed by atoms with Crippen LogP contribution in [0.3, 0.4) is 0 Å². The third-order valence-corrected chi connectivity index (χ3v) is 4.22. The van der Waals surface area contributed by atoms with Crippen LogP contribution < -0.4 is 10.5 Å². The fourth-order valence-electron chi connectivity index (χ4n) is 2.77. The summed E-state index contributed by atoms with van der Waals surface area (Å²) >= 11 is 0. The minimum absolute atomic E-state index is 0.233. The Morgan fingerprint density at radius 2 is 1.80 bits per heavy atom. The quantitative estimate of drug-likeness (QED) is 0.752. The molecule has 20 heavy (non-hydrogen) atoms. The summed E-state index contributed by atoms with van der Waals surface area (Å²) in [6.07, 6.45) is 2.44. The maximum atomic E-state index is 6.07. The maximum absolute atomic E-state index is 6.07. The lowest BCUT2D eigenvalue weighted by atomic mass is 9.99. The lowest BCUT2D eigenvalue weighted by Gasteiger charge is -2.33. The van der Waals surface area contributed by atoms with Crippen molar-refractivity contribution in [3.05, 3.63) is 29.8 Å². The molecule has 0 amide bonds. The van der Waals surface area contributed by atoms with Crippen LogP contribution in [0.15, 0.2) is 24.3 Å². The van der Waals surface area contributed by atoms with E-state index in [1.54, 1.807) is 7.11 Å². The van der Waals surface area contributed by atoms with Gasteiger partial charge < -0.3 is 10.5 Å². The van der Waals surface area contributed by atoms with E-state index in [2.05, 4.69) is 37.8 Å². The number of nitrogens with zero attached hydrogens (tertiary/aromatic N) is 1. The molecular weight excluding hydrogens is 248 g/mol. The van der Waals surface area contributed by atoms with Gasteiger partial charge in [-0.1, -0.05) is 51.8 Å². The van der Waals surface area contributed by atoms with Gasteiger partial charge in [-0.15, -0.1) is 0 Å².